The molecule has 0 heterocycles. The number of allylic oxidation sites excluding steroid dienone is 26. The second-order valence-corrected chi connectivity index (χ2v) is 19.1. The molecule has 75 heavy (non-hydrogen) atoms. The van der Waals surface area contributed by atoms with Crippen LogP contribution >= 0.6 is 0 Å². The van der Waals surface area contributed by atoms with E-state index in [-0.39, 0.29) is 44.0 Å². The number of carbonyl (C=O) groups is 3. The Morgan fingerprint density at radius 3 is 0.840 bits per heavy atom. The predicted octanol–water partition coefficient (Wildman–Crippen LogP) is 20.5. The lowest BCUT2D eigenvalue weighted by atomic mass is 10.1. The van der Waals surface area contributed by atoms with E-state index in [2.05, 4.69) is 179 Å². The molecule has 0 aromatic carbocycles. The fourth-order valence-corrected chi connectivity index (χ4v) is 7.60. The lowest BCUT2D eigenvalue weighted by Crippen LogP contribution is -2.30. The first kappa shape index (κ1) is 70.0. The summed E-state index contributed by atoms with van der Waals surface area (Å²) in [6.07, 6.45) is 89.6. The summed E-state index contributed by atoms with van der Waals surface area (Å²) in [6, 6.07) is 0. The zero-order chi connectivity index (χ0) is 54.3. The fraction of sp³-hybridized carbons (Fsp3) is 0.580. The van der Waals surface area contributed by atoms with Crippen LogP contribution in [-0.2, 0) is 28.6 Å². The van der Waals surface area contributed by atoms with E-state index in [1.54, 1.807) is 0 Å². The van der Waals surface area contributed by atoms with Crippen LogP contribution in [0.25, 0.3) is 0 Å². The first-order valence-electron chi connectivity index (χ1n) is 30.0. The van der Waals surface area contributed by atoms with Crippen LogP contribution in [0.5, 0.6) is 0 Å². The van der Waals surface area contributed by atoms with Crippen molar-refractivity contribution in [2.75, 3.05) is 13.2 Å². The highest BCUT2D eigenvalue weighted by atomic mass is 16.6. The molecule has 0 saturated carbocycles. The average Bonchev–Trinajstić information content (AvgIpc) is 3.41. The lowest BCUT2D eigenvalue weighted by Gasteiger charge is -2.18. The van der Waals surface area contributed by atoms with E-state index in [9.17, 15) is 14.4 Å². The van der Waals surface area contributed by atoms with E-state index in [0.717, 1.165) is 135 Å². The molecular weight excluding hydrogens is 925 g/mol. The summed E-state index contributed by atoms with van der Waals surface area (Å²) in [5.41, 5.74) is 0. The van der Waals surface area contributed by atoms with Crippen LogP contribution < -0.4 is 0 Å². The van der Waals surface area contributed by atoms with Gasteiger partial charge < -0.3 is 14.2 Å². The zero-order valence-corrected chi connectivity index (χ0v) is 48.0. The van der Waals surface area contributed by atoms with Crippen molar-refractivity contribution >= 4 is 17.9 Å². The number of ether oxygens (including phenoxy) is 3. The third kappa shape index (κ3) is 59.8. The monoisotopic (exact) mass is 1030 g/mol. The first-order chi connectivity index (χ1) is 37.0. The van der Waals surface area contributed by atoms with Crippen LogP contribution in [0, 0.1) is 0 Å². The number of hydrogen-bond donors (Lipinski definition) is 0. The van der Waals surface area contributed by atoms with Gasteiger partial charge in [-0.2, -0.15) is 0 Å². The van der Waals surface area contributed by atoms with Gasteiger partial charge in [-0.15, -0.1) is 0 Å². The Hall–Kier alpha value is -4.97. The highest BCUT2D eigenvalue weighted by Crippen LogP contribution is 2.14. The molecule has 6 nitrogen and oxygen atoms in total. The fourth-order valence-electron chi connectivity index (χ4n) is 7.60. The number of hydrogen-bond acceptors (Lipinski definition) is 6. The van der Waals surface area contributed by atoms with Gasteiger partial charge in [0.1, 0.15) is 13.2 Å². The van der Waals surface area contributed by atoms with Gasteiger partial charge in [-0.25, -0.2) is 0 Å². The molecule has 0 aromatic rings. The minimum Gasteiger partial charge on any atom is -0.462 e. The normalized spacial score (nSPS) is 13.3. The number of unbranched alkanes of at least 4 members (excludes halogenated alkanes) is 15. The van der Waals surface area contributed by atoms with E-state index >= 15 is 0 Å². The Morgan fingerprint density at radius 1 is 0.280 bits per heavy atom. The standard InChI is InChI=1S/C69H108O6/c1-4-7-10-13-16-19-22-24-26-28-30-31-32-33-34-35-36-37-39-40-42-44-47-50-53-56-59-62-68(71)74-65-66(64-73-67(70)61-58-55-52-49-46-21-18-15-12-9-6-3)75-69(72)63-60-57-54-51-48-45-43-41-38-29-27-25-23-20-17-14-11-8-5-2/h7-8,10-11,16-17,19-20,24-27,30-31,33-34,36-38,40-42,45,47-48,50,66H,4-6,9,12-15,18,21-23,28-29,32,35,39,43-44,46,49,51-65H2,1-3H3/b10-7-,11-8-,19-16-,20-17-,26-24-,27-25-,31-30-,34-33-,37-36-,41-38-,42-40-,48-45-,50-47-. The van der Waals surface area contributed by atoms with E-state index in [0.29, 0.717) is 19.3 Å². The summed E-state index contributed by atoms with van der Waals surface area (Å²) in [7, 11) is 0. The lowest BCUT2D eigenvalue weighted by molar-refractivity contribution is -0.167. The second kappa shape index (κ2) is 61.6. The molecule has 6 heteroatoms. The molecule has 0 N–H and O–H groups in total. The number of rotatable bonds is 52. The SMILES string of the molecule is CC/C=C\C/C=C\C/C=C\C/C=C\C/C=C\C/C=C\C/C=C\C/C=C\CCCCC(=O)OCC(COC(=O)CCCCCCCCCCCCC)OC(=O)CCCCC/C=C\C/C=C\C/C=C\C/C=C\C/C=C\CC. The summed E-state index contributed by atoms with van der Waals surface area (Å²) in [4.78, 5) is 38.2. The van der Waals surface area contributed by atoms with Crippen LogP contribution in [0.1, 0.15) is 239 Å². The molecule has 0 aliphatic rings. The summed E-state index contributed by atoms with van der Waals surface area (Å²) in [5.74, 6) is -0.996. The van der Waals surface area contributed by atoms with Crippen molar-refractivity contribution in [1.29, 1.82) is 0 Å². The highest BCUT2D eigenvalue weighted by Gasteiger charge is 2.19. The summed E-state index contributed by atoms with van der Waals surface area (Å²) in [6.45, 7) is 6.33. The summed E-state index contributed by atoms with van der Waals surface area (Å²) < 4.78 is 16.8. The largest absolute Gasteiger partial charge is 0.462 e. The number of carbonyl (C=O) groups excluding carboxylic acids is 3. The van der Waals surface area contributed by atoms with Crippen LogP contribution in [0.3, 0.4) is 0 Å². The topological polar surface area (TPSA) is 78.9 Å². The van der Waals surface area contributed by atoms with Crippen molar-refractivity contribution in [2.24, 2.45) is 0 Å². The molecule has 0 rings (SSSR count). The maximum Gasteiger partial charge on any atom is 0.306 e. The van der Waals surface area contributed by atoms with Crippen LogP contribution in [-0.4, -0.2) is 37.2 Å². The van der Waals surface area contributed by atoms with Crippen molar-refractivity contribution < 1.29 is 28.6 Å². The highest BCUT2D eigenvalue weighted by molar-refractivity contribution is 5.71. The molecule has 0 aromatic heterocycles. The van der Waals surface area contributed by atoms with E-state index < -0.39 is 6.10 Å². The van der Waals surface area contributed by atoms with Crippen molar-refractivity contribution in [3.63, 3.8) is 0 Å². The van der Waals surface area contributed by atoms with Gasteiger partial charge in [-0.05, 0) is 128 Å². The summed E-state index contributed by atoms with van der Waals surface area (Å²) in [5, 5.41) is 0. The van der Waals surface area contributed by atoms with Crippen LogP contribution in [0.4, 0.5) is 0 Å². The van der Waals surface area contributed by atoms with Crippen molar-refractivity contribution in [1.82, 2.24) is 0 Å². The van der Waals surface area contributed by atoms with Crippen LogP contribution in [0.15, 0.2) is 158 Å². The Balaban J connectivity index is 4.48. The molecule has 0 saturated heterocycles. The summed E-state index contributed by atoms with van der Waals surface area (Å²) >= 11 is 0. The molecule has 1 atom stereocenters. The van der Waals surface area contributed by atoms with Crippen molar-refractivity contribution in [3.8, 4) is 0 Å². The Morgan fingerprint density at radius 2 is 0.520 bits per heavy atom. The molecule has 0 fully saturated rings. The Kier molecular flexibility index (Phi) is 57.5. The molecule has 420 valence electrons. The minimum absolute atomic E-state index is 0.111. The van der Waals surface area contributed by atoms with Gasteiger partial charge in [0, 0.05) is 19.3 Å². The number of esters is 3. The van der Waals surface area contributed by atoms with Gasteiger partial charge in [0.05, 0.1) is 0 Å². The van der Waals surface area contributed by atoms with Gasteiger partial charge in [-0.1, -0.05) is 249 Å². The molecule has 0 bridgehead atoms. The van der Waals surface area contributed by atoms with Gasteiger partial charge in [0.25, 0.3) is 0 Å². The molecule has 0 aliphatic heterocycles. The molecule has 0 spiro atoms. The molecular formula is C69H108O6. The second-order valence-electron chi connectivity index (χ2n) is 19.1. The Bertz CT molecular complexity index is 1710. The van der Waals surface area contributed by atoms with E-state index in [4.69, 9.17) is 14.2 Å². The molecule has 1 unspecified atom stereocenters. The maximum absolute atomic E-state index is 12.9. The maximum atomic E-state index is 12.9. The smallest absolute Gasteiger partial charge is 0.306 e. The van der Waals surface area contributed by atoms with E-state index in [1.165, 1.54) is 51.4 Å². The van der Waals surface area contributed by atoms with Crippen molar-refractivity contribution in [2.45, 2.75) is 245 Å². The third-order valence-electron chi connectivity index (χ3n) is 12.0. The minimum atomic E-state index is -0.820. The van der Waals surface area contributed by atoms with Crippen LogP contribution in [0.2, 0.25) is 0 Å². The van der Waals surface area contributed by atoms with E-state index in [1.807, 2.05) is 0 Å². The quantitative estimate of drug-likeness (QED) is 0.0261. The molecule has 0 amide bonds. The average molecular weight is 1030 g/mol. The van der Waals surface area contributed by atoms with Gasteiger partial charge >= 0.3 is 17.9 Å². The Labute approximate surface area is 460 Å². The van der Waals surface area contributed by atoms with Gasteiger partial charge in [-0.3, -0.25) is 14.4 Å². The first-order valence-corrected chi connectivity index (χ1v) is 30.0. The third-order valence-corrected chi connectivity index (χ3v) is 12.0. The van der Waals surface area contributed by atoms with Gasteiger partial charge in [0.2, 0.25) is 0 Å². The zero-order valence-electron chi connectivity index (χ0n) is 48.0. The molecule has 0 radical (unpaired) electrons. The molecule has 0 aliphatic carbocycles. The predicted molar refractivity (Wildman–Crippen MR) is 325 cm³/mol. The van der Waals surface area contributed by atoms with Gasteiger partial charge in [0.15, 0.2) is 6.10 Å². The van der Waals surface area contributed by atoms with Crippen molar-refractivity contribution in [3.05, 3.63) is 158 Å².